The predicted molar refractivity (Wildman–Crippen MR) is 135 cm³/mol. The molecule has 230 valence electrons. The Balaban J connectivity index is 1.61. The van der Waals surface area contributed by atoms with Crippen LogP contribution in [0.1, 0.15) is 32.6 Å². The lowest BCUT2D eigenvalue weighted by molar-refractivity contribution is -0.356. The first kappa shape index (κ1) is 30.7. The molecule has 10 N–H and O–H groups in total. The van der Waals surface area contributed by atoms with Gasteiger partial charge in [-0.1, -0.05) is 12.1 Å². The Bertz CT molecular complexity index is 1330. The van der Waals surface area contributed by atoms with Crippen LogP contribution >= 0.6 is 0 Å². The lowest BCUT2D eigenvalue weighted by atomic mass is 9.78. The molecule has 2 aromatic carbocycles. The number of carbonyl (C=O) groups is 1. The van der Waals surface area contributed by atoms with Gasteiger partial charge in [0.2, 0.25) is 17.9 Å². The number of ketones is 1. The maximum absolute atomic E-state index is 13.8. The molecule has 11 unspecified atom stereocenters. The molecule has 0 radical (unpaired) electrons. The highest BCUT2D eigenvalue weighted by Gasteiger charge is 2.53. The van der Waals surface area contributed by atoms with Gasteiger partial charge >= 0.3 is 0 Å². The molecular weight excluding hydrogens is 564 g/mol. The maximum atomic E-state index is 13.8. The summed E-state index contributed by atoms with van der Waals surface area (Å²) in [5, 5.41) is 104. The number of hydrogen-bond donors (Lipinski definition) is 10. The van der Waals surface area contributed by atoms with Gasteiger partial charge in [0.05, 0.1) is 24.3 Å². The van der Waals surface area contributed by atoms with E-state index < -0.39 is 103 Å². The molecule has 2 saturated heterocycles. The Morgan fingerprint density at radius 2 is 1.36 bits per heavy atom. The minimum atomic E-state index is -2.69. The number of ether oxygens (including phenoxy) is 4. The lowest BCUT2D eigenvalue weighted by Gasteiger charge is -2.44. The molecule has 42 heavy (non-hydrogen) atoms. The van der Waals surface area contributed by atoms with Gasteiger partial charge in [-0.15, -0.1) is 0 Å². The fourth-order valence-corrected chi connectivity index (χ4v) is 5.44. The van der Waals surface area contributed by atoms with Crippen molar-refractivity contribution >= 4 is 5.78 Å². The number of benzene rings is 2. The second kappa shape index (κ2) is 11.4. The number of phenolic OH excluding ortho intramolecular Hbond substituents is 1. The van der Waals surface area contributed by atoms with Gasteiger partial charge in [-0.3, -0.25) is 4.79 Å². The molecule has 0 aromatic heterocycles. The summed E-state index contributed by atoms with van der Waals surface area (Å²) in [6, 6.07) is 6.43. The first-order valence-corrected chi connectivity index (χ1v) is 13.0. The standard InChI is InChI=1S/C27H32O15/c1-9-5-11-16(12(30)6-9)20(33)17-10(27(11,38)42-26-24(37)22(35)19(32)15(8-29)41-26)3-2-4-13(17)39-25-23(36)21(34)18(31)14(7-28)40-25/h2-6,14-15,18-19,21-26,28-32,34-38H,7-8H2,1H3. The molecule has 2 heterocycles. The fraction of sp³-hybridized carbons (Fsp3) is 0.519. The molecule has 0 bridgehead atoms. The molecule has 0 spiro atoms. The van der Waals surface area contributed by atoms with Gasteiger partial charge in [0, 0.05) is 11.1 Å². The summed E-state index contributed by atoms with van der Waals surface area (Å²) in [7, 11) is 0. The average molecular weight is 597 g/mol. The van der Waals surface area contributed by atoms with Crippen molar-refractivity contribution in [2.75, 3.05) is 13.2 Å². The second-order valence-electron chi connectivity index (χ2n) is 10.5. The summed E-state index contributed by atoms with van der Waals surface area (Å²) in [5.74, 6) is -4.44. The summed E-state index contributed by atoms with van der Waals surface area (Å²) in [6.07, 6.45) is -17.2. The summed E-state index contributed by atoms with van der Waals surface area (Å²) in [6.45, 7) is 0.0305. The number of rotatable bonds is 6. The number of aliphatic hydroxyl groups is 9. The Kier molecular flexibility index (Phi) is 8.31. The van der Waals surface area contributed by atoms with E-state index in [4.69, 9.17) is 18.9 Å². The molecule has 15 nitrogen and oxygen atoms in total. The normalized spacial score (nSPS) is 38.1. The number of hydrogen-bond acceptors (Lipinski definition) is 15. The Hall–Kier alpha value is -2.77. The minimum Gasteiger partial charge on any atom is -0.507 e. The van der Waals surface area contributed by atoms with Crippen molar-refractivity contribution in [2.24, 2.45) is 0 Å². The lowest BCUT2D eigenvalue weighted by Crippen LogP contribution is -2.61. The smallest absolute Gasteiger partial charge is 0.229 e. The van der Waals surface area contributed by atoms with Crippen LogP contribution in [0.25, 0.3) is 0 Å². The number of aromatic hydroxyl groups is 1. The van der Waals surface area contributed by atoms with Gasteiger partial charge in [-0.05, 0) is 30.7 Å². The van der Waals surface area contributed by atoms with Gasteiger partial charge in [-0.2, -0.15) is 0 Å². The third-order valence-electron chi connectivity index (χ3n) is 7.70. The van der Waals surface area contributed by atoms with E-state index in [2.05, 4.69) is 0 Å². The van der Waals surface area contributed by atoms with Crippen LogP contribution in [0.3, 0.4) is 0 Å². The number of phenols is 1. The quantitative estimate of drug-likeness (QED) is 0.145. The number of carbonyl (C=O) groups excluding carboxylic acids is 1. The van der Waals surface area contributed by atoms with Crippen molar-refractivity contribution in [3.8, 4) is 11.5 Å². The first-order chi connectivity index (χ1) is 19.8. The van der Waals surface area contributed by atoms with Gasteiger partial charge in [0.25, 0.3) is 0 Å². The van der Waals surface area contributed by atoms with Crippen molar-refractivity contribution in [3.05, 3.63) is 58.1 Å². The monoisotopic (exact) mass is 596 g/mol. The zero-order valence-electron chi connectivity index (χ0n) is 22.1. The van der Waals surface area contributed by atoms with E-state index in [1.54, 1.807) is 6.92 Å². The van der Waals surface area contributed by atoms with Crippen molar-refractivity contribution in [3.63, 3.8) is 0 Å². The van der Waals surface area contributed by atoms with Crippen LogP contribution in [0.15, 0.2) is 30.3 Å². The molecule has 2 aliphatic heterocycles. The molecule has 2 fully saturated rings. The molecule has 1 aliphatic carbocycles. The molecule has 5 rings (SSSR count). The summed E-state index contributed by atoms with van der Waals surface area (Å²) < 4.78 is 22.4. The molecule has 11 atom stereocenters. The molecule has 15 heteroatoms. The largest absolute Gasteiger partial charge is 0.507 e. The Morgan fingerprint density at radius 1 is 0.786 bits per heavy atom. The van der Waals surface area contributed by atoms with Crippen LogP contribution in [-0.2, 0) is 20.0 Å². The average Bonchev–Trinajstić information content (AvgIpc) is 2.96. The molecular formula is C27H32O15. The maximum Gasteiger partial charge on any atom is 0.229 e. The van der Waals surface area contributed by atoms with Crippen LogP contribution in [-0.4, -0.2) is 131 Å². The zero-order chi connectivity index (χ0) is 30.7. The predicted octanol–water partition coefficient (Wildman–Crippen LogP) is -3.57. The first-order valence-electron chi connectivity index (χ1n) is 13.0. The van der Waals surface area contributed by atoms with Crippen LogP contribution in [0.4, 0.5) is 0 Å². The topological polar surface area (TPSA) is 256 Å². The van der Waals surface area contributed by atoms with E-state index in [1.165, 1.54) is 30.3 Å². The summed E-state index contributed by atoms with van der Waals surface area (Å²) in [5.41, 5.74) is -0.978. The van der Waals surface area contributed by atoms with Crippen molar-refractivity contribution < 1.29 is 74.8 Å². The SMILES string of the molecule is Cc1cc(O)c2c(c1)C(O)(OC1OC(CO)C(O)C(O)C1O)c1cccc(OC3OC(CO)C(O)C(O)C3O)c1C2=O. The van der Waals surface area contributed by atoms with Crippen LogP contribution in [0.5, 0.6) is 11.5 Å². The third-order valence-corrected chi connectivity index (χ3v) is 7.70. The van der Waals surface area contributed by atoms with Crippen molar-refractivity contribution in [2.45, 2.75) is 74.1 Å². The highest BCUT2D eigenvalue weighted by molar-refractivity contribution is 6.16. The minimum absolute atomic E-state index is 0.264. The highest BCUT2D eigenvalue weighted by atomic mass is 16.8. The van der Waals surface area contributed by atoms with E-state index >= 15 is 0 Å². The van der Waals surface area contributed by atoms with Crippen LogP contribution in [0, 0.1) is 6.92 Å². The van der Waals surface area contributed by atoms with E-state index in [1.807, 2.05) is 0 Å². The number of fused-ring (bicyclic) bond motifs is 2. The van der Waals surface area contributed by atoms with Gasteiger partial charge in [-0.25, -0.2) is 0 Å². The van der Waals surface area contributed by atoms with Gasteiger partial charge in [0.15, 0.2) is 6.29 Å². The van der Waals surface area contributed by atoms with E-state index in [0.717, 1.165) is 0 Å². The Labute approximate surface area is 238 Å². The second-order valence-corrected chi connectivity index (χ2v) is 10.5. The summed E-state index contributed by atoms with van der Waals surface area (Å²) >= 11 is 0. The van der Waals surface area contributed by atoms with E-state index in [0.29, 0.717) is 5.56 Å². The molecule has 2 aromatic rings. The van der Waals surface area contributed by atoms with Gasteiger partial charge < -0.3 is 70.0 Å². The van der Waals surface area contributed by atoms with E-state index in [-0.39, 0.29) is 16.9 Å². The number of aryl methyl sites for hydroxylation is 1. The summed E-state index contributed by atoms with van der Waals surface area (Å²) in [4.78, 5) is 13.8. The molecule has 0 saturated carbocycles. The van der Waals surface area contributed by atoms with Gasteiger partial charge in [0.1, 0.15) is 60.3 Å². The number of aliphatic hydroxyl groups excluding tert-OH is 8. The Morgan fingerprint density at radius 3 is 1.95 bits per heavy atom. The third kappa shape index (κ3) is 4.86. The van der Waals surface area contributed by atoms with Crippen molar-refractivity contribution in [1.82, 2.24) is 0 Å². The van der Waals surface area contributed by atoms with Crippen LogP contribution < -0.4 is 4.74 Å². The fourth-order valence-electron chi connectivity index (χ4n) is 5.44. The molecule has 0 amide bonds. The van der Waals surface area contributed by atoms with Crippen molar-refractivity contribution in [1.29, 1.82) is 0 Å². The van der Waals surface area contributed by atoms with E-state index in [9.17, 15) is 55.9 Å². The molecule has 3 aliphatic rings. The highest BCUT2D eigenvalue weighted by Crippen LogP contribution is 2.48. The zero-order valence-corrected chi connectivity index (χ0v) is 22.1. The van der Waals surface area contributed by atoms with Crippen LogP contribution in [0.2, 0.25) is 0 Å².